The summed E-state index contributed by atoms with van der Waals surface area (Å²) in [7, 11) is 0. The van der Waals surface area contributed by atoms with Crippen LogP contribution in [0.1, 0.15) is 29.8 Å². The molecular formula is C12H18N2O. The highest BCUT2D eigenvalue weighted by atomic mass is 16.2. The van der Waals surface area contributed by atoms with Gasteiger partial charge in [-0.3, -0.25) is 4.79 Å². The smallest absolute Gasteiger partial charge is 0.255 e. The second-order valence-corrected chi connectivity index (χ2v) is 3.57. The Bertz CT molecular complexity index is 357. The lowest BCUT2D eigenvalue weighted by Gasteiger charge is -2.19. The number of anilines is 1. The van der Waals surface area contributed by atoms with Crippen LogP contribution in [0.3, 0.4) is 0 Å². The Hall–Kier alpha value is -1.51. The third-order valence-corrected chi connectivity index (χ3v) is 2.49. The molecule has 0 radical (unpaired) electrons. The van der Waals surface area contributed by atoms with Crippen molar-refractivity contribution in [1.29, 1.82) is 0 Å². The van der Waals surface area contributed by atoms with Crippen molar-refractivity contribution >= 4 is 11.6 Å². The molecule has 3 heteroatoms. The molecule has 82 valence electrons. The predicted molar refractivity (Wildman–Crippen MR) is 62.8 cm³/mol. The van der Waals surface area contributed by atoms with E-state index < -0.39 is 0 Å². The molecule has 1 aromatic carbocycles. The third-order valence-electron chi connectivity index (χ3n) is 2.49. The number of carbonyl (C=O) groups is 1. The maximum atomic E-state index is 12.0. The largest absolute Gasteiger partial charge is 0.398 e. The lowest BCUT2D eigenvalue weighted by Crippen LogP contribution is -2.31. The predicted octanol–water partition coefficient (Wildman–Crippen LogP) is 2.06. The van der Waals surface area contributed by atoms with Crippen molar-refractivity contribution < 1.29 is 4.79 Å². The Morgan fingerprint density at radius 3 is 2.40 bits per heavy atom. The number of aryl methyl sites for hydroxylation is 1. The van der Waals surface area contributed by atoms with Gasteiger partial charge < -0.3 is 10.6 Å². The lowest BCUT2D eigenvalue weighted by molar-refractivity contribution is 0.0774. The number of nitrogens with zero attached hydrogens (tertiary/aromatic N) is 1. The number of amides is 1. The van der Waals surface area contributed by atoms with Gasteiger partial charge in [-0.15, -0.1) is 0 Å². The van der Waals surface area contributed by atoms with E-state index in [0.29, 0.717) is 24.3 Å². The molecule has 0 unspecified atom stereocenters. The van der Waals surface area contributed by atoms with Crippen molar-refractivity contribution in [2.45, 2.75) is 20.8 Å². The molecule has 0 bridgehead atoms. The molecule has 3 nitrogen and oxygen atoms in total. The van der Waals surface area contributed by atoms with Gasteiger partial charge >= 0.3 is 0 Å². The first-order valence-corrected chi connectivity index (χ1v) is 5.25. The van der Waals surface area contributed by atoms with E-state index in [9.17, 15) is 4.79 Å². The Kier molecular flexibility index (Phi) is 3.72. The molecule has 0 aliphatic carbocycles. The van der Waals surface area contributed by atoms with Crippen LogP contribution in [-0.2, 0) is 0 Å². The molecular weight excluding hydrogens is 188 g/mol. The molecule has 0 fully saturated rings. The molecule has 0 aromatic heterocycles. The van der Waals surface area contributed by atoms with Crippen LogP contribution in [0, 0.1) is 6.92 Å². The van der Waals surface area contributed by atoms with E-state index in [1.54, 1.807) is 11.0 Å². The Morgan fingerprint density at radius 1 is 1.33 bits per heavy atom. The fourth-order valence-corrected chi connectivity index (χ4v) is 1.56. The molecule has 0 atom stereocenters. The van der Waals surface area contributed by atoms with Crippen molar-refractivity contribution in [3.8, 4) is 0 Å². The fourth-order valence-electron chi connectivity index (χ4n) is 1.56. The molecule has 0 aliphatic rings. The van der Waals surface area contributed by atoms with Gasteiger partial charge in [0, 0.05) is 18.8 Å². The van der Waals surface area contributed by atoms with E-state index in [1.807, 2.05) is 32.9 Å². The first kappa shape index (κ1) is 11.6. The summed E-state index contributed by atoms with van der Waals surface area (Å²) in [6, 6.07) is 5.54. The minimum atomic E-state index is 0.0116. The fraction of sp³-hybridized carbons (Fsp3) is 0.417. The van der Waals surface area contributed by atoms with Crippen LogP contribution in [0.2, 0.25) is 0 Å². The number of nitrogen functional groups attached to an aromatic ring is 1. The monoisotopic (exact) mass is 206 g/mol. The molecule has 15 heavy (non-hydrogen) atoms. The first-order chi connectivity index (χ1) is 7.10. The molecule has 0 saturated heterocycles. The van der Waals surface area contributed by atoms with Crippen molar-refractivity contribution in [3.63, 3.8) is 0 Å². The minimum Gasteiger partial charge on any atom is -0.398 e. The molecule has 2 N–H and O–H groups in total. The average Bonchev–Trinajstić information content (AvgIpc) is 2.19. The van der Waals surface area contributed by atoms with E-state index >= 15 is 0 Å². The maximum Gasteiger partial charge on any atom is 0.255 e. The summed E-state index contributed by atoms with van der Waals surface area (Å²) in [5, 5.41) is 0. The molecule has 1 amide bonds. The van der Waals surface area contributed by atoms with Gasteiger partial charge in [-0.2, -0.15) is 0 Å². The normalized spacial score (nSPS) is 10.1. The van der Waals surface area contributed by atoms with Crippen LogP contribution < -0.4 is 5.73 Å². The van der Waals surface area contributed by atoms with Crippen LogP contribution in [0.25, 0.3) is 0 Å². The van der Waals surface area contributed by atoms with Crippen LogP contribution in [0.15, 0.2) is 18.2 Å². The Balaban J connectivity index is 3.00. The number of rotatable bonds is 3. The molecule has 0 spiro atoms. The van der Waals surface area contributed by atoms with Gasteiger partial charge in [-0.05, 0) is 38.5 Å². The zero-order chi connectivity index (χ0) is 11.4. The standard InChI is InChI=1S/C12H18N2O/c1-4-14(5-2)12(15)10-7-6-9(3)8-11(10)13/h6-8H,4-5,13H2,1-3H3. The zero-order valence-electron chi connectivity index (χ0n) is 9.58. The van der Waals surface area contributed by atoms with Crippen molar-refractivity contribution in [3.05, 3.63) is 29.3 Å². The summed E-state index contributed by atoms with van der Waals surface area (Å²) in [4.78, 5) is 13.7. The van der Waals surface area contributed by atoms with Gasteiger partial charge in [-0.1, -0.05) is 6.07 Å². The number of hydrogen-bond donors (Lipinski definition) is 1. The number of benzene rings is 1. The first-order valence-electron chi connectivity index (χ1n) is 5.25. The van der Waals surface area contributed by atoms with Gasteiger partial charge in [0.2, 0.25) is 0 Å². The van der Waals surface area contributed by atoms with E-state index in [2.05, 4.69) is 0 Å². The lowest BCUT2D eigenvalue weighted by atomic mass is 10.1. The minimum absolute atomic E-state index is 0.0116. The van der Waals surface area contributed by atoms with Crippen LogP contribution in [0.5, 0.6) is 0 Å². The van der Waals surface area contributed by atoms with Crippen molar-refractivity contribution in [1.82, 2.24) is 4.90 Å². The second-order valence-electron chi connectivity index (χ2n) is 3.57. The summed E-state index contributed by atoms with van der Waals surface area (Å²) in [6.45, 7) is 7.31. The van der Waals surface area contributed by atoms with Crippen molar-refractivity contribution in [2.75, 3.05) is 18.8 Å². The summed E-state index contributed by atoms with van der Waals surface area (Å²) < 4.78 is 0. The number of carbonyl (C=O) groups excluding carboxylic acids is 1. The van der Waals surface area contributed by atoms with Gasteiger partial charge in [-0.25, -0.2) is 0 Å². The third kappa shape index (κ3) is 2.49. The van der Waals surface area contributed by atoms with Crippen LogP contribution in [-0.4, -0.2) is 23.9 Å². The SMILES string of the molecule is CCN(CC)C(=O)c1ccc(C)cc1N. The summed E-state index contributed by atoms with van der Waals surface area (Å²) >= 11 is 0. The van der Waals surface area contributed by atoms with Gasteiger partial charge in [0.1, 0.15) is 0 Å². The van der Waals surface area contributed by atoms with E-state index in [1.165, 1.54) is 0 Å². The quantitative estimate of drug-likeness (QED) is 0.769. The molecule has 1 rings (SSSR count). The molecule has 1 aromatic rings. The molecule has 0 saturated carbocycles. The average molecular weight is 206 g/mol. The van der Waals surface area contributed by atoms with Crippen LogP contribution in [0.4, 0.5) is 5.69 Å². The van der Waals surface area contributed by atoms with Gasteiger partial charge in [0.05, 0.1) is 5.56 Å². The van der Waals surface area contributed by atoms with Crippen molar-refractivity contribution in [2.24, 2.45) is 0 Å². The zero-order valence-corrected chi connectivity index (χ0v) is 9.58. The number of hydrogen-bond acceptors (Lipinski definition) is 2. The topological polar surface area (TPSA) is 46.3 Å². The highest BCUT2D eigenvalue weighted by molar-refractivity contribution is 5.99. The highest BCUT2D eigenvalue weighted by Gasteiger charge is 2.14. The Labute approximate surface area is 90.9 Å². The summed E-state index contributed by atoms with van der Waals surface area (Å²) in [6.07, 6.45) is 0. The van der Waals surface area contributed by atoms with E-state index in [-0.39, 0.29) is 5.91 Å². The van der Waals surface area contributed by atoms with E-state index in [0.717, 1.165) is 5.56 Å². The summed E-state index contributed by atoms with van der Waals surface area (Å²) in [5.41, 5.74) is 8.06. The van der Waals surface area contributed by atoms with E-state index in [4.69, 9.17) is 5.73 Å². The Morgan fingerprint density at radius 2 is 1.93 bits per heavy atom. The van der Waals surface area contributed by atoms with Crippen LogP contribution >= 0.6 is 0 Å². The molecule has 0 heterocycles. The maximum absolute atomic E-state index is 12.0. The second kappa shape index (κ2) is 4.82. The molecule has 0 aliphatic heterocycles. The number of nitrogens with two attached hydrogens (primary N) is 1. The van der Waals surface area contributed by atoms with Gasteiger partial charge in [0.25, 0.3) is 5.91 Å². The highest BCUT2D eigenvalue weighted by Crippen LogP contribution is 2.15. The van der Waals surface area contributed by atoms with Gasteiger partial charge in [0.15, 0.2) is 0 Å². The summed E-state index contributed by atoms with van der Waals surface area (Å²) in [5.74, 6) is 0.0116.